The normalized spacial score (nSPS) is 11.1. The van der Waals surface area contributed by atoms with E-state index >= 15 is 0 Å². The number of aromatic nitrogens is 3. The molecular formula is C11H14N4OS2. The molecule has 18 heavy (non-hydrogen) atoms. The summed E-state index contributed by atoms with van der Waals surface area (Å²) in [7, 11) is 0. The lowest BCUT2D eigenvalue weighted by molar-refractivity contribution is -0.115. The summed E-state index contributed by atoms with van der Waals surface area (Å²) in [4.78, 5) is 11.9. The number of thiophene rings is 1. The van der Waals surface area contributed by atoms with Crippen molar-refractivity contribution in [2.45, 2.75) is 25.0 Å². The quantitative estimate of drug-likeness (QED) is 0.853. The van der Waals surface area contributed by atoms with Crippen LogP contribution in [0.2, 0.25) is 0 Å². The number of nitrogens with zero attached hydrogens (tertiary/aromatic N) is 3. The van der Waals surface area contributed by atoms with Gasteiger partial charge in [0.15, 0.2) is 11.0 Å². The second kappa shape index (κ2) is 5.53. The van der Waals surface area contributed by atoms with Crippen LogP contribution in [-0.4, -0.2) is 26.4 Å². The van der Waals surface area contributed by atoms with E-state index in [9.17, 15) is 4.79 Å². The van der Waals surface area contributed by atoms with Gasteiger partial charge in [0, 0.05) is 6.04 Å². The standard InChI is InChI=1S/C11H14N4OS2/c1-7(2)15-10(8-4-3-5-17-8)13-14-11(15)18-6-9(12)16/h3-5,7H,6H2,1-2H3,(H2,12,16). The van der Waals surface area contributed by atoms with Crippen molar-refractivity contribution in [2.75, 3.05) is 5.75 Å². The van der Waals surface area contributed by atoms with Crippen LogP contribution in [0.5, 0.6) is 0 Å². The molecule has 0 aliphatic heterocycles. The third-order valence-electron chi connectivity index (χ3n) is 2.27. The zero-order chi connectivity index (χ0) is 13.1. The molecule has 0 radical (unpaired) electrons. The smallest absolute Gasteiger partial charge is 0.227 e. The molecule has 7 heteroatoms. The average Bonchev–Trinajstić information content (AvgIpc) is 2.94. The molecule has 0 aliphatic rings. The van der Waals surface area contributed by atoms with E-state index < -0.39 is 0 Å². The molecule has 0 saturated carbocycles. The maximum atomic E-state index is 10.8. The number of thioether (sulfide) groups is 1. The average molecular weight is 282 g/mol. The van der Waals surface area contributed by atoms with Gasteiger partial charge in [-0.25, -0.2) is 0 Å². The van der Waals surface area contributed by atoms with Gasteiger partial charge in [-0.3, -0.25) is 9.36 Å². The predicted molar refractivity (Wildman–Crippen MR) is 73.6 cm³/mol. The summed E-state index contributed by atoms with van der Waals surface area (Å²) in [5.74, 6) is 0.706. The fraction of sp³-hybridized carbons (Fsp3) is 0.364. The number of carbonyl (C=O) groups excluding carboxylic acids is 1. The molecule has 0 fully saturated rings. The maximum absolute atomic E-state index is 10.8. The summed E-state index contributed by atoms with van der Waals surface area (Å²) in [6, 6.07) is 4.22. The number of amides is 1. The van der Waals surface area contributed by atoms with Crippen LogP contribution in [0.1, 0.15) is 19.9 Å². The van der Waals surface area contributed by atoms with Crippen LogP contribution < -0.4 is 5.73 Å². The largest absolute Gasteiger partial charge is 0.369 e. The molecule has 2 aromatic rings. The predicted octanol–water partition coefficient (Wildman–Crippen LogP) is 2.16. The molecule has 5 nitrogen and oxygen atoms in total. The highest BCUT2D eigenvalue weighted by Crippen LogP contribution is 2.29. The van der Waals surface area contributed by atoms with E-state index in [4.69, 9.17) is 5.73 Å². The highest BCUT2D eigenvalue weighted by atomic mass is 32.2. The summed E-state index contributed by atoms with van der Waals surface area (Å²) >= 11 is 2.94. The van der Waals surface area contributed by atoms with Crippen molar-refractivity contribution >= 4 is 29.0 Å². The Balaban J connectivity index is 2.34. The van der Waals surface area contributed by atoms with E-state index in [-0.39, 0.29) is 17.7 Å². The van der Waals surface area contributed by atoms with Crippen molar-refractivity contribution in [2.24, 2.45) is 5.73 Å². The van der Waals surface area contributed by atoms with E-state index in [1.165, 1.54) is 11.8 Å². The van der Waals surface area contributed by atoms with Gasteiger partial charge in [-0.1, -0.05) is 17.8 Å². The van der Waals surface area contributed by atoms with Crippen molar-refractivity contribution < 1.29 is 4.79 Å². The zero-order valence-corrected chi connectivity index (χ0v) is 11.8. The van der Waals surface area contributed by atoms with Crippen molar-refractivity contribution in [3.05, 3.63) is 17.5 Å². The summed E-state index contributed by atoms with van der Waals surface area (Å²) in [5, 5.41) is 11.1. The van der Waals surface area contributed by atoms with Crippen molar-refractivity contribution in [1.29, 1.82) is 0 Å². The number of carbonyl (C=O) groups is 1. The van der Waals surface area contributed by atoms with Crippen LogP contribution in [0.25, 0.3) is 10.7 Å². The van der Waals surface area contributed by atoms with Crippen LogP contribution in [0, 0.1) is 0 Å². The molecule has 2 rings (SSSR count). The second-order valence-electron chi connectivity index (χ2n) is 4.00. The topological polar surface area (TPSA) is 73.8 Å². The number of hydrogen-bond donors (Lipinski definition) is 1. The molecule has 2 N–H and O–H groups in total. The first-order chi connectivity index (χ1) is 8.59. The van der Waals surface area contributed by atoms with Gasteiger partial charge >= 0.3 is 0 Å². The first-order valence-corrected chi connectivity index (χ1v) is 7.36. The van der Waals surface area contributed by atoms with Crippen LogP contribution >= 0.6 is 23.1 Å². The van der Waals surface area contributed by atoms with Crippen molar-refractivity contribution in [1.82, 2.24) is 14.8 Å². The highest BCUT2D eigenvalue weighted by molar-refractivity contribution is 7.99. The Bertz CT molecular complexity index is 533. The van der Waals surface area contributed by atoms with E-state index in [2.05, 4.69) is 24.0 Å². The Labute approximate surface area is 113 Å². The van der Waals surface area contributed by atoms with Crippen molar-refractivity contribution in [3.8, 4) is 10.7 Å². The van der Waals surface area contributed by atoms with E-state index in [0.29, 0.717) is 0 Å². The molecule has 0 atom stereocenters. The molecule has 96 valence electrons. The summed E-state index contributed by atoms with van der Waals surface area (Å²) < 4.78 is 2.03. The molecule has 0 aliphatic carbocycles. The van der Waals surface area contributed by atoms with Crippen LogP contribution in [0.4, 0.5) is 0 Å². The van der Waals surface area contributed by atoms with Gasteiger partial charge in [0.2, 0.25) is 5.91 Å². The molecule has 2 heterocycles. The van der Waals surface area contributed by atoms with E-state index in [1.54, 1.807) is 11.3 Å². The fourth-order valence-electron chi connectivity index (χ4n) is 1.55. The first kappa shape index (κ1) is 13.1. The molecule has 0 bridgehead atoms. The van der Waals surface area contributed by atoms with E-state index in [1.807, 2.05) is 22.1 Å². The van der Waals surface area contributed by atoms with Gasteiger partial charge in [0.25, 0.3) is 0 Å². The zero-order valence-electron chi connectivity index (χ0n) is 10.2. The van der Waals surface area contributed by atoms with Gasteiger partial charge in [0.1, 0.15) is 0 Å². The molecule has 0 spiro atoms. The van der Waals surface area contributed by atoms with Gasteiger partial charge in [-0.2, -0.15) is 0 Å². The first-order valence-electron chi connectivity index (χ1n) is 5.49. The molecule has 0 saturated heterocycles. The third kappa shape index (κ3) is 2.73. The number of rotatable bonds is 5. The minimum Gasteiger partial charge on any atom is -0.369 e. The summed E-state index contributed by atoms with van der Waals surface area (Å²) in [6.45, 7) is 4.13. The lowest BCUT2D eigenvalue weighted by Crippen LogP contribution is -2.14. The highest BCUT2D eigenvalue weighted by Gasteiger charge is 2.17. The van der Waals surface area contributed by atoms with Gasteiger partial charge in [-0.15, -0.1) is 21.5 Å². The molecular weight excluding hydrogens is 268 g/mol. The lowest BCUT2D eigenvalue weighted by atomic mass is 10.3. The summed E-state index contributed by atoms with van der Waals surface area (Å²) in [5.41, 5.74) is 5.15. The molecule has 1 amide bonds. The molecule has 2 aromatic heterocycles. The van der Waals surface area contributed by atoms with Crippen LogP contribution in [0.3, 0.4) is 0 Å². The van der Waals surface area contributed by atoms with Crippen molar-refractivity contribution in [3.63, 3.8) is 0 Å². The van der Waals surface area contributed by atoms with Crippen LogP contribution in [-0.2, 0) is 4.79 Å². The Morgan fingerprint density at radius 2 is 2.33 bits per heavy atom. The van der Waals surface area contributed by atoms with Crippen LogP contribution in [0.15, 0.2) is 22.7 Å². The maximum Gasteiger partial charge on any atom is 0.227 e. The Morgan fingerprint density at radius 1 is 1.56 bits per heavy atom. The number of primary amides is 1. The lowest BCUT2D eigenvalue weighted by Gasteiger charge is -2.12. The number of nitrogens with two attached hydrogens (primary N) is 1. The van der Waals surface area contributed by atoms with Gasteiger partial charge < -0.3 is 5.73 Å². The minimum absolute atomic E-state index is 0.218. The summed E-state index contributed by atoms with van der Waals surface area (Å²) in [6.07, 6.45) is 0. The Morgan fingerprint density at radius 3 is 2.89 bits per heavy atom. The second-order valence-corrected chi connectivity index (χ2v) is 5.89. The fourth-order valence-corrected chi connectivity index (χ4v) is 3.06. The number of hydrogen-bond acceptors (Lipinski definition) is 5. The molecule has 0 unspecified atom stereocenters. The Hall–Kier alpha value is -1.34. The van der Waals surface area contributed by atoms with Gasteiger partial charge in [-0.05, 0) is 25.3 Å². The minimum atomic E-state index is -0.351. The van der Waals surface area contributed by atoms with E-state index in [0.717, 1.165) is 15.9 Å². The SMILES string of the molecule is CC(C)n1c(SCC(N)=O)nnc1-c1cccs1. The van der Waals surface area contributed by atoms with Gasteiger partial charge in [0.05, 0.1) is 10.6 Å². The Kier molecular flexibility index (Phi) is 4.03. The molecule has 0 aromatic carbocycles. The monoisotopic (exact) mass is 282 g/mol. The third-order valence-corrected chi connectivity index (χ3v) is 4.10.